The van der Waals surface area contributed by atoms with E-state index in [1.54, 1.807) is 6.08 Å². The van der Waals surface area contributed by atoms with Crippen molar-refractivity contribution in [3.8, 4) is 0 Å². The van der Waals surface area contributed by atoms with Crippen LogP contribution in [0.25, 0.3) is 12.2 Å². The summed E-state index contributed by atoms with van der Waals surface area (Å²) < 4.78 is 38.3. The summed E-state index contributed by atoms with van der Waals surface area (Å²) in [6.07, 6.45) is 3.00. The first-order chi connectivity index (χ1) is 11.1. The van der Waals surface area contributed by atoms with Gasteiger partial charge in [-0.05, 0) is 29.3 Å². The fourth-order valence-corrected chi connectivity index (χ4v) is 2.37. The molecule has 0 aliphatic rings. The molecule has 0 fully saturated rings. The highest BCUT2D eigenvalue weighted by molar-refractivity contribution is 7.52. The number of alkyl halides is 2. The standard InChI is InChI=1S/C15H12F2NO5P.2H3N/c16-15(17,24(21,22)23)13-3-1-2-12(10-13)5-4-11-6-8-14(9-7-11)18(19)20;;/h1-10H,(H2,21,22,23);2*1H3/b5-4-;;. The quantitative estimate of drug-likeness (QED) is 0.255. The summed E-state index contributed by atoms with van der Waals surface area (Å²) in [5.74, 6) is 0. The number of nitro groups is 1. The van der Waals surface area contributed by atoms with E-state index in [4.69, 9.17) is 9.79 Å². The van der Waals surface area contributed by atoms with Gasteiger partial charge >= 0.3 is 13.3 Å². The van der Waals surface area contributed by atoms with E-state index in [0.29, 0.717) is 11.1 Å². The molecule has 142 valence electrons. The molecule has 0 amide bonds. The molecule has 8 N–H and O–H groups in total. The molecular weight excluding hydrogens is 371 g/mol. The second-order valence-electron chi connectivity index (χ2n) is 4.89. The Hall–Kier alpha value is -2.49. The van der Waals surface area contributed by atoms with Gasteiger partial charge in [-0.2, -0.15) is 8.78 Å². The predicted molar refractivity (Wildman–Crippen MR) is 94.4 cm³/mol. The topological polar surface area (TPSA) is 171 Å². The van der Waals surface area contributed by atoms with Gasteiger partial charge in [-0.25, -0.2) is 0 Å². The number of hydrogen-bond acceptors (Lipinski definition) is 5. The van der Waals surface area contributed by atoms with E-state index >= 15 is 0 Å². The summed E-state index contributed by atoms with van der Waals surface area (Å²) in [5.41, 5.74) is -4.23. The molecule has 8 nitrogen and oxygen atoms in total. The molecule has 0 unspecified atom stereocenters. The Balaban J connectivity index is 0.00000312. The second-order valence-corrected chi connectivity index (χ2v) is 6.54. The summed E-state index contributed by atoms with van der Waals surface area (Å²) in [6, 6.07) is 10.2. The van der Waals surface area contributed by atoms with Gasteiger partial charge in [0.05, 0.1) is 4.92 Å². The summed E-state index contributed by atoms with van der Waals surface area (Å²) in [7, 11) is -5.62. The second kappa shape index (κ2) is 8.75. The minimum absolute atomic E-state index is 0. The minimum atomic E-state index is -5.62. The SMILES string of the molecule is N.N.O=[N+]([O-])c1ccc(/C=C\c2cccc(C(F)(F)P(=O)(O)O)c2)cc1. The molecule has 0 spiro atoms. The summed E-state index contributed by atoms with van der Waals surface area (Å²) in [5, 5.41) is 10.6. The number of halogens is 2. The minimum Gasteiger partial charge on any atom is -0.344 e. The van der Waals surface area contributed by atoms with Crippen LogP contribution in [0.5, 0.6) is 0 Å². The fourth-order valence-electron chi connectivity index (χ4n) is 1.90. The molecule has 0 saturated carbocycles. The summed E-state index contributed by atoms with van der Waals surface area (Å²) >= 11 is 0. The zero-order valence-corrected chi connectivity index (χ0v) is 14.4. The molecule has 0 radical (unpaired) electrons. The third kappa shape index (κ3) is 5.25. The molecule has 2 aromatic carbocycles. The zero-order valence-electron chi connectivity index (χ0n) is 13.5. The Bertz CT molecular complexity index is 837. The van der Waals surface area contributed by atoms with Crippen molar-refractivity contribution < 1.29 is 28.1 Å². The van der Waals surface area contributed by atoms with Gasteiger partial charge in [0.2, 0.25) is 0 Å². The summed E-state index contributed by atoms with van der Waals surface area (Å²) in [4.78, 5) is 27.5. The lowest BCUT2D eigenvalue weighted by molar-refractivity contribution is -0.384. The van der Waals surface area contributed by atoms with Gasteiger partial charge < -0.3 is 22.1 Å². The van der Waals surface area contributed by atoms with Crippen molar-refractivity contribution >= 4 is 25.4 Å². The predicted octanol–water partition coefficient (Wildman–Crippen LogP) is 4.32. The third-order valence-corrected chi connectivity index (χ3v) is 4.16. The van der Waals surface area contributed by atoms with Crippen molar-refractivity contribution in [2.24, 2.45) is 0 Å². The van der Waals surface area contributed by atoms with Crippen LogP contribution in [0.1, 0.15) is 16.7 Å². The zero-order chi connectivity index (χ0) is 18.0. The van der Waals surface area contributed by atoms with E-state index in [9.17, 15) is 23.5 Å². The molecule has 0 bridgehead atoms. The maximum atomic E-state index is 13.7. The van der Waals surface area contributed by atoms with Gasteiger partial charge in [0.25, 0.3) is 5.69 Å². The van der Waals surface area contributed by atoms with Gasteiger partial charge in [-0.1, -0.05) is 30.4 Å². The van der Waals surface area contributed by atoms with Crippen LogP contribution < -0.4 is 12.3 Å². The van der Waals surface area contributed by atoms with Crippen LogP contribution >= 0.6 is 7.60 Å². The van der Waals surface area contributed by atoms with E-state index in [0.717, 1.165) is 12.1 Å². The van der Waals surface area contributed by atoms with Crippen LogP contribution in [0.15, 0.2) is 48.5 Å². The lowest BCUT2D eigenvalue weighted by Crippen LogP contribution is -2.13. The average molecular weight is 389 g/mol. The number of rotatable bonds is 5. The molecule has 0 aliphatic heterocycles. The van der Waals surface area contributed by atoms with Crippen LogP contribution in [0.2, 0.25) is 0 Å². The molecule has 2 aromatic rings. The molecule has 0 aliphatic carbocycles. The van der Waals surface area contributed by atoms with Crippen molar-refractivity contribution in [3.05, 3.63) is 75.3 Å². The molecule has 0 atom stereocenters. The third-order valence-electron chi connectivity index (χ3n) is 3.17. The van der Waals surface area contributed by atoms with Crippen LogP contribution in [0, 0.1) is 10.1 Å². The molecular formula is C15H18F2N3O5P. The largest absolute Gasteiger partial charge is 0.399 e. The number of hydrogen-bond donors (Lipinski definition) is 4. The van der Waals surface area contributed by atoms with Gasteiger partial charge in [0.1, 0.15) is 0 Å². The maximum absolute atomic E-state index is 13.7. The lowest BCUT2D eigenvalue weighted by atomic mass is 10.1. The Morgan fingerprint density at radius 3 is 2.04 bits per heavy atom. The Morgan fingerprint density at radius 2 is 1.54 bits per heavy atom. The fraction of sp³-hybridized carbons (Fsp3) is 0.0667. The highest BCUT2D eigenvalue weighted by Crippen LogP contribution is 2.59. The highest BCUT2D eigenvalue weighted by atomic mass is 31.2. The monoisotopic (exact) mass is 389 g/mol. The number of non-ortho nitro benzene ring substituents is 1. The summed E-state index contributed by atoms with van der Waals surface area (Å²) in [6.45, 7) is 0. The molecule has 0 saturated heterocycles. The van der Waals surface area contributed by atoms with Gasteiger partial charge in [-0.3, -0.25) is 14.7 Å². The smallest absolute Gasteiger partial charge is 0.344 e. The van der Waals surface area contributed by atoms with Gasteiger partial charge in [0.15, 0.2) is 0 Å². The molecule has 0 aromatic heterocycles. The first kappa shape index (κ1) is 23.5. The van der Waals surface area contributed by atoms with Crippen LogP contribution in [0.4, 0.5) is 14.5 Å². The van der Waals surface area contributed by atoms with E-state index in [2.05, 4.69) is 0 Å². The molecule has 2 rings (SSSR count). The first-order valence-electron chi connectivity index (χ1n) is 6.58. The number of nitrogens with zero attached hydrogens (tertiary/aromatic N) is 1. The Kier molecular flexibility index (Phi) is 7.91. The first-order valence-corrected chi connectivity index (χ1v) is 8.19. The van der Waals surface area contributed by atoms with Crippen LogP contribution in [-0.4, -0.2) is 14.7 Å². The van der Waals surface area contributed by atoms with E-state index < -0.39 is 23.7 Å². The van der Waals surface area contributed by atoms with Crippen molar-refractivity contribution in [3.63, 3.8) is 0 Å². The highest BCUT2D eigenvalue weighted by Gasteiger charge is 2.50. The van der Waals surface area contributed by atoms with Crippen LogP contribution in [-0.2, 0) is 10.2 Å². The molecule has 26 heavy (non-hydrogen) atoms. The number of nitro benzene ring substituents is 1. The lowest BCUT2D eigenvalue weighted by Gasteiger charge is -2.18. The van der Waals surface area contributed by atoms with Crippen molar-refractivity contribution in [1.82, 2.24) is 12.3 Å². The molecule has 11 heteroatoms. The van der Waals surface area contributed by atoms with E-state index in [-0.39, 0.29) is 18.0 Å². The Morgan fingerprint density at radius 1 is 1.00 bits per heavy atom. The van der Waals surface area contributed by atoms with Crippen LogP contribution in [0.3, 0.4) is 0 Å². The molecule has 0 heterocycles. The average Bonchev–Trinajstić information content (AvgIpc) is 2.52. The van der Waals surface area contributed by atoms with Crippen molar-refractivity contribution in [2.45, 2.75) is 5.66 Å². The number of benzene rings is 2. The van der Waals surface area contributed by atoms with Gasteiger partial charge in [0, 0.05) is 17.7 Å². The van der Waals surface area contributed by atoms with E-state index in [1.807, 2.05) is 0 Å². The van der Waals surface area contributed by atoms with Gasteiger partial charge in [-0.15, -0.1) is 0 Å². The van der Waals surface area contributed by atoms with Crippen molar-refractivity contribution in [1.29, 1.82) is 0 Å². The maximum Gasteiger partial charge on any atom is 0.399 e. The van der Waals surface area contributed by atoms with Crippen molar-refractivity contribution in [2.75, 3.05) is 0 Å². The van der Waals surface area contributed by atoms with E-state index in [1.165, 1.54) is 42.5 Å². The normalized spacial score (nSPS) is 11.5. The Labute approximate surface area is 147 Å².